The molecule has 102 valence electrons. The highest BCUT2D eigenvalue weighted by molar-refractivity contribution is 5.98. The SMILES string of the molecule is CCC(=O)c1cc(C#N)ccc1C1CC=CC=C1NO. The zero-order valence-electron chi connectivity index (χ0n) is 11.3. The number of carbonyl (C=O) groups excluding carboxylic acids is 1. The van der Waals surface area contributed by atoms with Crippen LogP contribution in [0.4, 0.5) is 0 Å². The van der Waals surface area contributed by atoms with Gasteiger partial charge in [0.25, 0.3) is 0 Å². The van der Waals surface area contributed by atoms with E-state index in [9.17, 15) is 10.0 Å². The van der Waals surface area contributed by atoms with E-state index in [4.69, 9.17) is 5.26 Å². The van der Waals surface area contributed by atoms with Crippen LogP contribution in [0.2, 0.25) is 0 Å². The van der Waals surface area contributed by atoms with Gasteiger partial charge >= 0.3 is 0 Å². The van der Waals surface area contributed by atoms with Gasteiger partial charge in [-0.15, -0.1) is 0 Å². The van der Waals surface area contributed by atoms with Gasteiger partial charge < -0.3 is 0 Å². The zero-order chi connectivity index (χ0) is 14.5. The Morgan fingerprint density at radius 3 is 3.00 bits per heavy atom. The van der Waals surface area contributed by atoms with Crippen LogP contribution in [-0.2, 0) is 0 Å². The first-order valence-corrected chi connectivity index (χ1v) is 6.55. The third-order valence-electron chi connectivity index (χ3n) is 3.47. The van der Waals surface area contributed by atoms with Crippen LogP contribution in [0.3, 0.4) is 0 Å². The number of ketones is 1. The molecule has 0 heterocycles. The third-order valence-corrected chi connectivity index (χ3v) is 3.47. The van der Waals surface area contributed by atoms with Crippen molar-refractivity contribution in [2.45, 2.75) is 25.7 Å². The first-order chi connectivity index (χ1) is 9.71. The van der Waals surface area contributed by atoms with E-state index in [1.807, 2.05) is 12.2 Å². The minimum absolute atomic E-state index is 0.00365. The average Bonchev–Trinajstić information content (AvgIpc) is 2.53. The number of carbonyl (C=O) groups is 1. The lowest BCUT2D eigenvalue weighted by molar-refractivity contribution is 0.0986. The summed E-state index contributed by atoms with van der Waals surface area (Å²) in [5.74, 6) is -0.0906. The van der Waals surface area contributed by atoms with Crippen LogP contribution in [0.25, 0.3) is 0 Å². The minimum atomic E-state index is -0.0942. The Morgan fingerprint density at radius 1 is 1.55 bits per heavy atom. The van der Waals surface area contributed by atoms with E-state index in [1.54, 1.807) is 31.2 Å². The van der Waals surface area contributed by atoms with Crippen molar-refractivity contribution in [1.29, 1.82) is 5.26 Å². The highest BCUT2D eigenvalue weighted by Crippen LogP contribution is 2.32. The number of hydroxylamine groups is 1. The normalized spacial score (nSPS) is 17.2. The summed E-state index contributed by atoms with van der Waals surface area (Å²) in [6, 6.07) is 7.19. The van der Waals surface area contributed by atoms with Gasteiger partial charge in [-0.2, -0.15) is 5.26 Å². The van der Waals surface area contributed by atoms with Crippen molar-refractivity contribution >= 4 is 5.78 Å². The summed E-state index contributed by atoms with van der Waals surface area (Å²) in [5.41, 5.74) is 4.73. The van der Waals surface area contributed by atoms with Crippen molar-refractivity contribution in [3.8, 4) is 6.07 Å². The van der Waals surface area contributed by atoms with Gasteiger partial charge in [-0.3, -0.25) is 15.5 Å². The van der Waals surface area contributed by atoms with Gasteiger partial charge in [0.1, 0.15) is 0 Å². The average molecular weight is 268 g/mol. The molecular formula is C16H16N2O2. The maximum absolute atomic E-state index is 12.1. The molecule has 0 radical (unpaired) electrons. The molecule has 1 aromatic rings. The van der Waals surface area contributed by atoms with E-state index in [0.717, 1.165) is 5.56 Å². The smallest absolute Gasteiger partial charge is 0.162 e. The highest BCUT2D eigenvalue weighted by atomic mass is 16.5. The fraction of sp³-hybridized carbons (Fsp3) is 0.250. The lowest BCUT2D eigenvalue weighted by atomic mass is 9.84. The van der Waals surface area contributed by atoms with Crippen molar-refractivity contribution in [2.24, 2.45) is 0 Å². The summed E-state index contributed by atoms with van der Waals surface area (Å²) in [6.07, 6.45) is 6.72. The molecule has 1 atom stereocenters. The molecule has 1 aliphatic carbocycles. The molecule has 4 heteroatoms. The van der Waals surface area contributed by atoms with Crippen molar-refractivity contribution in [2.75, 3.05) is 0 Å². The number of Topliss-reactive ketones (excluding diaryl/α,β-unsaturated/α-hetero) is 1. The van der Waals surface area contributed by atoms with Gasteiger partial charge in [0.2, 0.25) is 0 Å². The molecule has 1 aromatic carbocycles. The molecule has 0 bridgehead atoms. The van der Waals surface area contributed by atoms with E-state index in [1.165, 1.54) is 0 Å². The first kappa shape index (κ1) is 14.0. The van der Waals surface area contributed by atoms with Crippen molar-refractivity contribution < 1.29 is 10.0 Å². The Labute approximate surface area is 118 Å². The van der Waals surface area contributed by atoms with Crippen molar-refractivity contribution in [3.05, 3.63) is 58.8 Å². The molecule has 0 aromatic heterocycles. The Morgan fingerprint density at radius 2 is 2.35 bits per heavy atom. The third kappa shape index (κ3) is 2.63. The second kappa shape index (κ2) is 6.18. The van der Waals surface area contributed by atoms with Gasteiger partial charge in [0.15, 0.2) is 5.78 Å². The molecule has 0 spiro atoms. The number of nitriles is 1. The topological polar surface area (TPSA) is 73.1 Å². The molecule has 1 aliphatic rings. The Kier molecular flexibility index (Phi) is 4.34. The van der Waals surface area contributed by atoms with Crippen LogP contribution in [0.5, 0.6) is 0 Å². The van der Waals surface area contributed by atoms with E-state index in [-0.39, 0.29) is 11.7 Å². The molecule has 1 unspecified atom stereocenters. The van der Waals surface area contributed by atoms with E-state index < -0.39 is 0 Å². The molecule has 0 aliphatic heterocycles. The summed E-state index contributed by atoms with van der Waals surface area (Å²) in [4.78, 5) is 12.1. The summed E-state index contributed by atoms with van der Waals surface area (Å²) in [5, 5.41) is 18.2. The lowest BCUT2D eigenvalue weighted by Gasteiger charge is -2.23. The standard InChI is InChI=1S/C16H16N2O2/c1-2-16(19)14-9-11(10-17)7-8-12(14)13-5-3-4-6-15(13)18-20/h3-4,6-9,13,18,20H,2,5H2,1H3. The number of nitrogens with one attached hydrogen (secondary N) is 1. The van der Waals surface area contributed by atoms with Crippen LogP contribution in [0, 0.1) is 11.3 Å². The van der Waals surface area contributed by atoms with Crippen LogP contribution < -0.4 is 5.48 Å². The fourth-order valence-corrected chi connectivity index (χ4v) is 2.40. The second-order valence-electron chi connectivity index (χ2n) is 4.64. The van der Waals surface area contributed by atoms with Gasteiger partial charge in [0, 0.05) is 23.6 Å². The molecule has 0 saturated heterocycles. The number of rotatable bonds is 4. The van der Waals surface area contributed by atoms with Crippen molar-refractivity contribution in [1.82, 2.24) is 5.48 Å². The van der Waals surface area contributed by atoms with Crippen LogP contribution in [-0.4, -0.2) is 11.0 Å². The second-order valence-corrected chi connectivity index (χ2v) is 4.64. The quantitative estimate of drug-likeness (QED) is 0.650. The van der Waals surface area contributed by atoms with Gasteiger partial charge in [-0.1, -0.05) is 25.1 Å². The molecule has 0 fully saturated rings. The van der Waals surface area contributed by atoms with Crippen LogP contribution >= 0.6 is 0 Å². The number of hydrogen-bond donors (Lipinski definition) is 2. The molecule has 4 nitrogen and oxygen atoms in total. The van der Waals surface area contributed by atoms with Crippen molar-refractivity contribution in [3.63, 3.8) is 0 Å². The molecule has 0 amide bonds. The van der Waals surface area contributed by atoms with Crippen LogP contribution in [0.1, 0.15) is 47.2 Å². The lowest BCUT2D eigenvalue weighted by Crippen LogP contribution is -2.19. The molecule has 2 N–H and O–H groups in total. The summed E-state index contributed by atoms with van der Waals surface area (Å²) < 4.78 is 0. The molecule has 0 saturated carbocycles. The molecule has 2 rings (SSSR count). The Balaban J connectivity index is 2.51. The maximum Gasteiger partial charge on any atom is 0.162 e. The predicted octanol–water partition coefficient (Wildman–Crippen LogP) is 3.06. The van der Waals surface area contributed by atoms with Gasteiger partial charge in [0.05, 0.1) is 11.6 Å². The molecule has 20 heavy (non-hydrogen) atoms. The van der Waals surface area contributed by atoms with Gasteiger partial charge in [-0.25, -0.2) is 0 Å². The monoisotopic (exact) mass is 268 g/mol. The number of allylic oxidation sites excluding steroid dienone is 4. The predicted molar refractivity (Wildman–Crippen MR) is 75.3 cm³/mol. The first-order valence-electron chi connectivity index (χ1n) is 6.55. The maximum atomic E-state index is 12.1. The largest absolute Gasteiger partial charge is 0.294 e. The van der Waals surface area contributed by atoms with Gasteiger partial charge in [-0.05, 0) is 30.2 Å². The van der Waals surface area contributed by atoms with E-state index >= 15 is 0 Å². The highest BCUT2D eigenvalue weighted by Gasteiger charge is 2.22. The summed E-state index contributed by atoms with van der Waals surface area (Å²) in [6.45, 7) is 1.80. The minimum Gasteiger partial charge on any atom is -0.294 e. The zero-order valence-corrected chi connectivity index (χ0v) is 11.3. The number of nitrogens with zero attached hydrogens (tertiary/aromatic N) is 1. The number of hydrogen-bond acceptors (Lipinski definition) is 4. The van der Waals surface area contributed by atoms with E-state index in [2.05, 4.69) is 11.5 Å². The summed E-state index contributed by atoms with van der Waals surface area (Å²) in [7, 11) is 0. The number of benzene rings is 1. The van der Waals surface area contributed by atoms with Crippen LogP contribution in [0.15, 0.2) is 42.1 Å². The summed E-state index contributed by atoms with van der Waals surface area (Å²) >= 11 is 0. The van der Waals surface area contributed by atoms with E-state index in [0.29, 0.717) is 29.7 Å². The fourth-order valence-electron chi connectivity index (χ4n) is 2.40. The Bertz CT molecular complexity index is 624. The Hall–Kier alpha value is -2.38. The molecular weight excluding hydrogens is 252 g/mol.